The highest BCUT2D eigenvalue weighted by Gasteiger charge is 2.43. The molecule has 1 saturated heterocycles. The molecule has 3 aromatic rings. The first-order valence-corrected chi connectivity index (χ1v) is 8.78. The van der Waals surface area contributed by atoms with Crippen molar-refractivity contribution in [3.63, 3.8) is 0 Å². The average Bonchev–Trinajstić information content (AvgIpc) is 3.05. The van der Waals surface area contributed by atoms with Crippen LogP contribution in [-0.2, 0) is 18.9 Å². The fraction of sp³-hybridized carbons (Fsp3) is 0.316. The maximum Gasteiger partial charge on any atom is 0.201 e. The molecular weight excluding hydrogens is 362 g/mol. The van der Waals surface area contributed by atoms with E-state index in [1.165, 1.54) is 11.6 Å². The van der Waals surface area contributed by atoms with E-state index in [1.54, 1.807) is 6.20 Å². The van der Waals surface area contributed by atoms with Crippen LogP contribution in [0.1, 0.15) is 41.1 Å². The molecule has 1 unspecified atom stereocenters. The molecule has 28 heavy (non-hydrogen) atoms. The first-order chi connectivity index (χ1) is 13.7. The zero-order valence-corrected chi connectivity index (χ0v) is 15.0. The lowest BCUT2D eigenvalue weighted by Gasteiger charge is -2.41. The third kappa shape index (κ3) is 2.55. The number of aromatic nitrogens is 3. The van der Waals surface area contributed by atoms with Crippen molar-refractivity contribution < 1.29 is 18.9 Å². The van der Waals surface area contributed by atoms with Crippen LogP contribution in [0.2, 0.25) is 0 Å². The van der Waals surface area contributed by atoms with Gasteiger partial charge in [0.05, 0.1) is 6.61 Å². The highest BCUT2D eigenvalue weighted by Crippen LogP contribution is 2.44. The van der Waals surface area contributed by atoms with Gasteiger partial charge in [0.2, 0.25) is 6.29 Å². The molecule has 2 aliphatic heterocycles. The van der Waals surface area contributed by atoms with Gasteiger partial charge in [0.1, 0.15) is 29.5 Å². The van der Waals surface area contributed by atoms with Crippen molar-refractivity contribution in [3.05, 3.63) is 58.9 Å². The van der Waals surface area contributed by atoms with Crippen molar-refractivity contribution in [3.8, 4) is 6.07 Å². The van der Waals surface area contributed by atoms with Gasteiger partial charge in [-0.3, -0.25) is 0 Å². The molecule has 0 aliphatic carbocycles. The van der Waals surface area contributed by atoms with E-state index in [1.807, 2.05) is 36.4 Å². The van der Waals surface area contributed by atoms with Gasteiger partial charge < -0.3 is 24.7 Å². The Morgan fingerprint density at radius 3 is 2.86 bits per heavy atom. The lowest BCUT2D eigenvalue weighted by molar-refractivity contribution is -0.307. The molecule has 0 saturated carbocycles. The van der Waals surface area contributed by atoms with Gasteiger partial charge in [-0.25, -0.2) is 9.50 Å². The highest BCUT2D eigenvalue weighted by atomic mass is 16.7. The molecule has 0 radical (unpaired) electrons. The molecule has 2 N–H and O–H groups in total. The molecule has 142 valence electrons. The molecule has 4 atom stereocenters. The normalized spacial score (nSPS) is 26.4. The Morgan fingerprint density at radius 2 is 2.11 bits per heavy atom. The molecule has 0 amide bonds. The topological polar surface area (TPSA) is 117 Å². The summed E-state index contributed by atoms with van der Waals surface area (Å²) in [5.74, 6) is 0.124. The van der Waals surface area contributed by atoms with Crippen LogP contribution in [0.3, 0.4) is 0 Å². The number of rotatable bonds is 2. The Labute approximate surface area is 160 Å². The van der Waals surface area contributed by atoms with Gasteiger partial charge in [-0.1, -0.05) is 30.3 Å². The summed E-state index contributed by atoms with van der Waals surface area (Å²) in [4.78, 5) is 4.58. The molecule has 0 bridgehead atoms. The van der Waals surface area contributed by atoms with Gasteiger partial charge in [0.25, 0.3) is 0 Å². The van der Waals surface area contributed by atoms with Crippen LogP contribution in [0.25, 0.3) is 5.65 Å². The number of nitriles is 1. The maximum atomic E-state index is 9.35. The van der Waals surface area contributed by atoms with Crippen molar-refractivity contribution in [2.45, 2.75) is 24.8 Å². The van der Waals surface area contributed by atoms with E-state index in [4.69, 9.17) is 24.7 Å². The number of hydrogen-bond donors (Lipinski definition) is 1. The quantitative estimate of drug-likeness (QED) is 0.719. The number of methoxy groups -OCH3 is 1. The molecule has 2 aromatic heterocycles. The summed E-state index contributed by atoms with van der Waals surface area (Å²) < 4.78 is 25.1. The third-order valence-electron chi connectivity index (χ3n) is 4.94. The van der Waals surface area contributed by atoms with Crippen molar-refractivity contribution >= 4 is 11.5 Å². The monoisotopic (exact) mass is 379 g/mol. The SMILES string of the molecule is CO[C@H]1O[C@@H]2COC(c3ccccc3)O[C@H]2c2cn3nc(N)c(C#N)c3nc21. The van der Waals surface area contributed by atoms with Crippen molar-refractivity contribution in [1.82, 2.24) is 14.6 Å². The van der Waals surface area contributed by atoms with Crippen LogP contribution in [-0.4, -0.2) is 34.4 Å². The lowest BCUT2D eigenvalue weighted by atomic mass is 9.99. The molecule has 9 nitrogen and oxygen atoms in total. The molecule has 4 heterocycles. The van der Waals surface area contributed by atoms with E-state index < -0.39 is 18.7 Å². The minimum absolute atomic E-state index is 0.124. The number of nitrogens with zero attached hydrogens (tertiary/aromatic N) is 4. The van der Waals surface area contributed by atoms with Crippen LogP contribution in [0.4, 0.5) is 5.82 Å². The first-order valence-electron chi connectivity index (χ1n) is 8.78. The Morgan fingerprint density at radius 1 is 1.29 bits per heavy atom. The smallest absolute Gasteiger partial charge is 0.201 e. The number of fused-ring (bicyclic) bond motifs is 4. The Kier molecular flexibility index (Phi) is 3.99. The number of nitrogens with two attached hydrogens (primary N) is 1. The Balaban J connectivity index is 1.61. The van der Waals surface area contributed by atoms with Gasteiger partial charge in [-0.2, -0.15) is 5.26 Å². The molecule has 2 aliphatic rings. The van der Waals surface area contributed by atoms with Crippen LogP contribution < -0.4 is 5.73 Å². The largest absolute Gasteiger partial charge is 0.381 e. The lowest BCUT2D eigenvalue weighted by Crippen LogP contribution is -2.42. The van der Waals surface area contributed by atoms with Gasteiger partial charge in [-0.05, 0) is 0 Å². The van der Waals surface area contributed by atoms with Crippen molar-refractivity contribution in [2.24, 2.45) is 0 Å². The number of ether oxygens (including phenoxy) is 4. The van der Waals surface area contributed by atoms with Crippen LogP contribution >= 0.6 is 0 Å². The summed E-state index contributed by atoms with van der Waals surface area (Å²) >= 11 is 0. The number of benzene rings is 1. The van der Waals surface area contributed by atoms with E-state index >= 15 is 0 Å². The number of nitrogen functional groups attached to an aromatic ring is 1. The number of anilines is 1. The van der Waals surface area contributed by atoms with E-state index in [2.05, 4.69) is 10.1 Å². The molecule has 1 aromatic carbocycles. The second-order valence-corrected chi connectivity index (χ2v) is 6.60. The standard InChI is InChI=1S/C19H17N5O4/c1-25-19-14-12(8-24-17(22-14)11(7-20)16(21)23-24)15-13(27-19)9-26-18(28-15)10-5-3-2-4-6-10/h2-6,8,13,15,18-19H,9H2,1H3,(H2,21,23)/t13-,15+,18?,19+/m1/s1. The predicted octanol–water partition coefficient (Wildman–Crippen LogP) is 2.01. The summed E-state index contributed by atoms with van der Waals surface area (Å²) in [6, 6.07) is 11.7. The fourth-order valence-electron chi connectivity index (χ4n) is 3.62. The Bertz CT molecular complexity index is 1080. The van der Waals surface area contributed by atoms with Crippen LogP contribution in [0.15, 0.2) is 36.5 Å². The van der Waals surface area contributed by atoms with Crippen molar-refractivity contribution in [2.75, 3.05) is 19.5 Å². The van der Waals surface area contributed by atoms with Crippen molar-refractivity contribution in [1.29, 1.82) is 5.26 Å². The predicted molar refractivity (Wildman–Crippen MR) is 95.7 cm³/mol. The molecule has 0 spiro atoms. The average molecular weight is 379 g/mol. The van der Waals surface area contributed by atoms with Crippen LogP contribution in [0.5, 0.6) is 0 Å². The van der Waals surface area contributed by atoms with Gasteiger partial charge in [-0.15, -0.1) is 5.10 Å². The van der Waals surface area contributed by atoms with E-state index in [9.17, 15) is 5.26 Å². The number of hydrogen-bond acceptors (Lipinski definition) is 8. The van der Waals surface area contributed by atoms with E-state index in [-0.39, 0.29) is 17.5 Å². The summed E-state index contributed by atoms with van der Waals surface area (Å²) in [5.41, 5.74) is 8.66. The molecular formula is C19H17N5O4. The molecule has 1 fully saturated rings. The van der Waals surface area contributed by atoms with Gasteiger partial charge >= 0.3 is 0 Å². The van der Waals surface area contributed by atoms with E-state index in [0.29, 0.717) is 17.9 Å². The first kappa shape index (κ1) is 17.1. The van der Waals surface area contributed by atoms with Crippen LogP contribution in [0, 0.1) is 11.3 Å². The summed E-state index contributed by atoms with van der Waals surface area (Å²) in [7, 11) is 1.54. The summed E-state index contributed by atoms with van der Waals surface area (Å²) in [6.45, 7) is 0.340. The minimum atomic E-state index is -0.704. The Hall–Kier alpha value is -3.03. The zero-order chi connectivity index (χ0) is 19.3. The minimum Gasteiger partial charge on any atom is -0.381 e. The molecule has 9 heteroatoms. The highest BCUT2D eigenvalue weighted by molar-refractivity contribution is 5.66. The molecule has 5 rings (SSSR count). The van der Waals surface area contributed by atoms with E-state index in [0.717, 1.165) is 11.1 Å². The second-order valence-electron chi connectivity index (χ2n) is 6.60. The fourth-order valence-corrected chi connectivity index (χ4v) is 3.62. The van der Waals surface area contributed by atoms with Gasteiger partial charge in [0, 0.05) is 24.4 Å². The van der Waals surface area contributed by atoms with Gasteiger partial charge in [0.15, 0.2) is 17.8 Å². The summed E-state index contributed by atoms with van der Waals surface area (Å²) in [6.07, 6.45) is -0.238. The second kappa shape index (κ2) is 6.54. The third-order valence-corrected chi connectivity index (χ3v) is 4.94. The maximum absolute atomic E-state index is 9.35. The zero-order valence-electron chi connectivity index (χ0n) is 15.0. The summed E-state index contributed by atoms with van der Waals surface area (Å²) in [5, 5.41) is 13.6.